The van der Waals surface area contributed by atoms with Crippen LogP contribution in [0.5, 0.6) is 0 Å². The standard InChI is InChI=1S/C15H19BrS/c16-15(13-2-1-3-17-13)14-11-5-9-4-10(7-11)8-12(14)6-9/h1-3,9-12,14-15H,4-8H2. The Balaban J connectivity index is 1.62. The maximum Gasteiger partial charge on any atom is 0.0522 e. The van der Waals surface area contributed by atoms with E-state index in [4.69, 9.17) is 0 Å². The molecule has 1 atom stereocenters. The third-order valence-corrected chi connectivity index (χ3v) is 7.81. The zero-order valence-electron chi connectivity index (χ0n) is 10.0. The summed E-state index contributed by atoms with van der Waals surface area (Å²) in [4.78, 5) is 2.19. The molecular formula is C15H19BrS. The lowest BCUT2D eigenvalue weighted by Gasteiger charge is -2.55. The molecule has 17 heavy (non-hydrogen) atoms. The molecule has 0 aliphatic heterocycles. The molecule has 4 aliphatic carbocycles. The molecule has 0 spiro atoms. The topological polar surface area (TPSA) is 0 Å². The van der Waals surface area contributed by atoms with E-state index < -0.39 is 0 Å². The molecule has 0 aromatic carbocycles. The van der Waals surface area contributed by atoms with Crippen LogP contribution in [0.25, 0.3) is 0 Å². The Bertz CT molecular complexity index is 369. The molecule has 0 amide bonds. The number of thiophene rings is 1. The van der Waals surface area contributed by atoms with E-state index in [1.54, 1.807) is 11.3 Å². The molecule has 4 aliphatic rings. The molecule has 1 heterocycles. The fourth-order valence-electron chi connectivity index (χ4n) is 5.08. The van der Waals surface area contributed by atoms with Gasteiger partial charge in [-0.3, -0.25) is 0 Å². The fraction of sp³-hybridized carbons (Fsp3) is 0.733. The van der Waals surface area contributed by atoms with E-state index in [-0.39, 0.29) is 0 Å². The van der Waals surface area contributed by atoms with E-state index in [0.717, 1.165) is 29.6 Å². The van der Waals surface area contributed by atoms with Gasteiger partial charge in [-0.25, -0.2) is 0 Å². The van der Waals surface area contributed by atoms with Gasteiger partial charge in [0.1, 0.15) is 0 Å². The van der Waals surface area contributed by atoms with Crippen LogP contribution >= 0.6 is 27.3 Å². The van der Waals surface area contributed by atoms with E-state index in [1.165, 1.54) is 25.7 Å². The zero-order valence-corrected chi connectivity index (χ0v) is 12.4. The normalized spacial score (nSPS) is 45.1. The monoisotopic (exact) mass is 310 g/mol. The summed E-state index contributed by atoms with van der Waals surface area (Å²) in [6, 6.07) is 4.51. The van der Waals surface area contributed by atoms with Gasteiger partial charge in [-0.15, -0.1) is 11.3 Å². The van der Waals surface area contributed by atoms with Crippen LogP contribution < -0.4 is 0 Å². The predicted octanol–water partition coefficient (Wildman–Crippen LogP) is 5.26. The number of rotatable bonds is 2. The first-order valence-electron chi connectivity index (χ1n) is 6.98. The predicted molar refractivity (Wildman–Crippen MR) is 76.5 cm³/mol. The molecule has 4 saturated carbocycles. The van der Waals surface area contributed by atoms with Crippen molar-refractivity contribution in [2.24, 2.45) is 29.6 Å². The van der Waals surface area contributed by atoms with Crippen LogP contribution in [0.4, 0.5) is 0 Å². The molecule has 0 N–H and O–H groups in total. The molecule has 1 aromatic rings. The second-order valence-electron chi connectivity index (χ2n) is 6.43. The highest BCUT2D eigenvalue weighted by molar-refractivity contribution is 9.09. The molecule has 5 rings (SSSR count). The molecule has 1 unspecified atom stereocenters. The van der Waals surface area contributed by atoms with Crippen molar-refractivity contribution in [3.8, 4) is 0 Å². The summed E-state index contributed by atoms with van der Waals surface area (Å²) in [5, 5.41) is 2.22. The van der Waals surface area contributed by atoms with Gasteiger partial charge in [0.15, 0.2) is 0 Å². The lowest BCUT2D eigenvalue weighted by molar-refractivity contribution is -0.0361. The first-order chi connectivity index (χ1) is 8.31. The summed E-state index contributed by atoms with van der Waals surface area (Å²) in [6.07, 6.45) is 7.69. The van der Waals surface area contributed by atoms with E-state index in [0.29, 0.717) is 4.83 Å². The third kappa shape index (κ3) is 1.74. The van der Waals surface area contributed by atoms with Crippen LogP contribution in [0.1, 0.15) is 41.8 Å². The first-order valence-corrected chi connectivity index (χ1v) is 8.78. The summed E-state index contributed by atoms with van der Waals surface area (Å²) in [5.41, 5.74) is 0. The zero-order chi connectivity index (χ0) is 11.4. The van der Waals surface area contributed by atoms with Crippen LogP contribution in [0.15, 0.2) is 17.5 Å². The summed E-state index contributed by atoms with van der Waals surface area (Å²) < 4.78 is 0. The van der Waals surface area contributed by atoms with Gasteiger partial charge in [0, 0.05) is 4.88 Å². The second kappa shape index (κ2) is 4.09. The number of halogens is 1. The van der Waals surface area contributed by atoms with Crippen molar-refractivity contribution in [3.05, 3.63) is 22.4 Å². The van der Waals surface area contributed by atoms with Crippen molar-refractivity contribution in [2.75, 3.05) is 0 Å². The smallest absolute Gasteiger partial charge is 0.0522 e. The second-order valence-corrected chi connectivity index (χ2v) is 8.39. The Kier molecular flexibility index (Phi) is 2.66. The molecular weight excluding hydrogens is 292 g/mol. The van der Waals surface area contributed by atoms with Gasteiger partial charge in [-0.05, 0) is 73.1 Å². The minimum absolute atomic E-state index is 0.637. The molecule has 1 aromatic heterocycles. The number of hydrogen-bond donors (Lipinski definition) is 0. The summed E-state index contributed by atoms with van der Waals surface area (Å²) in [6.45, 7) is 0. The van der Waals surface area contributed by atoms with Crippen LogP contribution in [-0.4, -0.2) is 0 Å². The lowest BCUT2D eigenvalue weighted by Crippen LogP contribution is -2.46. The van der Waals surface area contributed by atoms with Crippen molar-refractivity contribution < 1.29 is 0 Å². The molecule has 4 bridgehead atoms. The van der Waals surface area contributed by atoms with Crippen molar-refractivity contribution in [1.82, 2.24) is 0 Å². The van der Waals surface area contributed by atoms with Crippen LogP contribution in [-0.2, 0) is 0 Å². The molecule has 4 fully saturated rings. The average Bonchev–Trinajstić information content (AvgIpc) is 2.80. The van der Waals surface area contributed by atoms with Crippen molar-refractivity contribution in [3.63, 3.8) is 0 Å². The van der Waals surface area contributed by atoms with E-state index >= 15 is 0 Å². The summed E-state index contributed by atoms with van der Waals surface area (Å²) in [7, 11) is 0. The Morgan fingerprint density at radius 2 is 1.71 bits per heavy atom. The van der Waals surface area contributed by atoms with Gasteiger partial charge in [-0.2, -0.15) is 0 Å². The SMILES string of the molecule is BrC(c1cccs1)C1C2CC3CC(C2)CC1C3. The Morgan fingerprint density at radius 1 is 1.06 bits per heavy atom. The van der Waals surface area contributed by atoms with Crippen LogP contribution in [0, 0.1) is 29.6 Å². The fourth-order valence-corrected chi connectivity index (χ4v) is 7.18. The van der Waals surface area contributed by atoms with E-state index in [9.17, 15) is 0 Å². The van der Waals surface area contributed by atoms with Gasteiger partial charge in [0.05, 0.1) is 4.83 Å². The molecule has 0 nitrogen and oxygen atoms in total. The van der Waals surface area contributed by atoms with Gasteiger partial charge >= 0.3 is 0 Å². The molecule has 92 valence electrons. The third-order valence-electron chi connectivity index (χ3n) is 5.45. The van der Waals surface area contributed by atoms with E-state index in [2.05, 4.69) is 33.4 Å². The maximum absolute atomic E-state index is 4.03. The minimum atomic E-state index is 0.637. The highest BCUT2D eigenvalue weighted by Crippen LogP contribution is 2.61. The molecule has 0 saturated heterocycles. The van der Waals surface area contributed by atoms with Gasteiger partial charge < -0.3 is 0 Å². The molecule has 0 radical (unpaired) electrons. The van der Waals surface area contributed by atoms with Crippen LogP contribution in [0.2, 0.25) is 0 Å². The largest absolute Gasteiger partial charge is 0.148 e. The Morgan fingerprint density at radius 3 is 2.24 bits per heavy atom. The maximum atomic E-state index is 4.03. The minimum Gasteiger partial charge on any atom is -0.148 e. The van der Waals surface area contributed by atoms with Gasteiger partial charge in [-0.1, -0.05) is 22.0 Å². The van der Waals surface area contributed by atoms with Gasteiger partial charge in [0.2, 0.25) is 0 Å². The van der Waals surface area contributed by atoms with Crippen molar-refractivity contribution in [1.29, 1.82) is 0 Å². The Labute approximate surface area is 116 Å². The summed E-state index contributed by atoms with van der Waals surface area (Å²) >= 11 is 5.96. The van der Waals surface area contributed by atoms with E-state index in [1.807, 2.05) is 11.3 Å². The highest BCUT2D eigenvalue weighted by atomic mass is 79.9. The summed E-state index contributed by atoms with van der Waals surface area (Å²) in [5.74, 6) is 5.17. The van der Waals surface area contributed by atoms with Gasteiger partial charge in [0.25, 0.3) is 0 Å². The Hall–Kier alpha value is 0.180. The molecule has 2 heteroatoms. The quantitative estimate of drug-likeness (QED) is 0.654. The first kappa shape index (κ1) is 11.0. The number of hydrogen-bond acceptors (Lipinski definition) is 1. The average molecular weight is 311 g/mol. The van der Waals surface area contributed by atoms with Crippen molar-refractivity contribution >= 4 is 27.3 Å². The highest BCUT2D eigenvalue weighted by Gasteiger charge is 2.50. The van der Waals surface area contributed by atoms with Crippen molar-refractivity contribution in [2.45, 2.75) is 36.9 Å². The number of alkyl halides is 1. The lowest BCUT2D eigenvalue weighted by atomic mass is 9.51. The van der Waals surface area contributed by atoms with Crippen LogP contribution in [0.3, 0.4) is 0 Å².